The Morgan fingerprint density at radius 1 is 0.886 bits per heavy atom. The summed E-state index contributed by atoms with van der Waals surface area (Å²) < 4.78 is 0. The Hall–Kier alpha value is -4.24. The van der Waals surface area contributed by atoms with Crippen molar-refractivity contribution in [3.8, 4) is 11.3 Å². The topological polar surface area (TPSA) is 117 Å². The number of H-pyrrole nitrogens is 1. The van der Waals surface area contributed by atoms with E-state index in [2.05, 4.69) is 25.8 Å². The Morgan fingerprint density at radius 3 is 2.31 bits per heavy atom. The highest BCUT2D eigenvalue weighted by molar-refractivity contribution is 7.99. The quantitative estimate of drug-likeness (QED) is 0.334. The molecular formula is C26H23N5O3S. The Labute approximate surface area is 206 Å². The first-order chi connectivity index (χ1) is 16.9. The van der Waals surface area contributed by atoms with Crippen LogP contribution < -0.4 is 16.2 Å². The molecule has 0 saturated heterocycles. The van der Waals surface area contributed by atoms with Gasteiger partial charge in [0.1, 0.15) is 0 Å². The highest BCUT2D eigenvalue weighted by Gasteiger charge is 2.16. The first-order valence-corrected chi connectivity index (χ1v) is 11.8. The lowest BCUT2D eigenvalue weighted by Crippen LogP contribution is -2.18. The van der Waals surface area contributed by atoms with Crippen LogP contribution in [0.5, 0.6) is 0 Å². The summed E-state index contributed by atoms with van der Waals surface area (Å²) in [5, 5.41) is 14.0. The number of carbonyl (C=O) groups excluding carboxylic acids is 2. The average molecular weight is 486 g/mol. The number of aromatic amines is 1. The molecule has 0 spiro atoms. The maximum Gasteiger partial charge on any atom is 0.278 e. The zero-order valence-corrected chi connectivity index (χ0v) is 20.0. The molecule has 0 atom stereocenters. The van der Waals surface area contributed by atoms with Gasteiger partial charge in [-0.15, -0.1) is 10.2 Å². The van der Waals surface area contributed by atoms with Crippen molar-refractivity contribution in [2.45, 2.75) is 19.0 Å². The predicted molar refractivity (Wildman–Crippen MR) is 138 cm³/mol. The molecule has 0 unspecified atom stereocenters. The lowest BCUT2D eigenvalue weighted by atomic mass is 10.1. The molecule has 0 aliphatic heterocycles. The summed E-state index contributed by atoms with van der Waals surface area (Å²) >= 11 is 1.07. The van der Waals surface area contributed by atoms with E-state index in [0.717, 1.165) is 22.9 Å². The lowest BCUT2D eigenvalue weighted by Gasteiger charge is -2.11. The van der Waals surface area contributed by atoms with Gasteiger partial charge < -0.3 is 10.6 Å². The van der Waals surface area contributed by atoms with Crippen molar-refractivity contribution < 1.29 is 9.59 Å². The van der Waals surface area contributed by atoms with Crippen molar-refractivity contribution >= 4 is 35.0 Å². The summed E-state index contributed by atoms with van der Waals surface area (Å²) in [6, 6.07) is 21.6. The van der Waals surface area contributed by atoms with Gasteiger partial charge in [0.25, 0.3) is 11.5 Å². The number of aromatic nitrogens is 3. The molecule has 4 rings (SSSR count). The fourth-order valence-corrected chi connectivity index (χ4v) is 3.88. The highest BCUT2D eigenvalue weighted by Crippen LogP contribution is 2.26. The number of aryl methyl sites for hydroxylation is 2. The van der Waals surface area contributed by atoms with Crippen LogP contribution >= 0.6 is 11.8 Å². The van der Waals surface area contributed by atoms with Crippen LogP contribution in [0.2, 0.25) is 0 Å². The number of hydrogen-bond acceptors (Lipinski definition) is 6. The Balaban J connectivity index is 1.48. The fourth-order valence-electron chi connectivity index (χ4n) is 3.28. The van der Waals surface area contributed by atoms with E-state index in [1.54, 1.807) is 36.4 Å². The summed E-state index contributed by atoms with van der Waals surface area (Å²) in [5.74, 6) is -0.470. The molecule has 0 fully saturated rings. The van der Waals surface area contributed by atoms with Crippen LogP contribution in [0.1, 0.15) is 21.5 Å². The van der Waals surface area contributed by atoms with Gasteiger partial charge in [-0.25, -0.2) is 0 Å². The van der Waals surface area contributed by atoms with Gasteiger partial charge >= 0.3 is 0 Å². The number of nitrogens with zero attached hydrogens (tertiary/aromatic N) is 2. The average Bonchev–Trinajstić information content (AvgIpc) is 2.86. The molecule has 8 nitrogen and oxygen atoms in total. The zero-order valence-electron chi connectivity index (χ0n) is 19.2. The van der Waals surface area contributed by atoms with E-state index >= 15 is 0 Å². The Morgan fingerprint density at radius 2 is 1.60 bits per heavy atom. The van der Waals surface area contributed by atoms with Crippen molar-refractivity contribution in [2.75, 3.05) is 16.4 Å². The second-order valence-corrected chi connectivity index (χ2v) is 8.84. The summed E-state index contributed by atoms with van der Waals surface area (Å²) in [6.07, 6.45) is 0. The van der Waals surface area contributed by atoms with Crippen LogP contribution in [0.25, 0.3) is 11.3 Å². The number of benzene rings is 3. The second-order valence-electron chi connectivity index (χ2n) is 7.88. The number of anilines is 2. The minimum Gasteiger partial charge on any atom is -0.325 e. The van der Waals surface area contributed by atoms with Crippen LogP contribution in [0.3, 0.4) is 0 Å². The molecule has 0 aliphatic carbocycles. The van der Waals surface area contributed by atoms with Crippen LogP contribution in [-0.2, 0) is 4.79 Å². The van der Waals surface area contributed by atoms with Gasteiger partial charge in [0.2, 0.25) is 5.91 Å². The van der Waals surface area contributed by atoms with Crippen molar-refractivity contribution in [1.29, 1.82) is 0 Å². The summed E-state index contributed by atoms with van der Waals surface area (Å²) in [4.78, 5) is 40.4. The summed E-state index contributed by atoms with van der Waals surface area (Å²) in [6.45, 7) is 3.85. The molecule has 0 saturated carbocycles. The number of hydrogen-bond donors (Lipinski definition) is 3. The monoisotopic (exact) mass is 485 g/mol. The minimum absolute atomic E-state index is 0.0562. The smallest absolute Gasteiger partial charge is 0.278 e. The standard InChI is InChI=1S/C26H23N5O3S/c1-16-8-11-19(12-9-16)27-22(32)15-35-26-29-25(34)23(30-31-26)20-14-17(2)10-13-21(20)28-24(33)18-6-4-3-5-7-18/h3-14H,15H2,1-2H3,(H,27,32)(H,28,33)(H,29,31,34). The van der Waals surface area contributed by atoms with Crippen molar-refractivity contribution in [3.05, 3.63) is 99.8 Å². The fraction of sp³-hybridized carbons (Fsp3) is 0.115. The van der Waals surface area contributed by atoms with E-state index in [1.807, 2.05) is 50.2 Å². The lowest BCUT2D eigenvalue weighted by molar-refractivity contribution is -0.113. The Kier molecular flexibility index (Phi) is 7.37. The van der Waals surface area contributed by atoms with E-state index in [9.17, 15) is 14.4 Å². The third kappa shape index (κ3) is 6.21. The van der Waals surface area contributed by atoms with Crippen molar-refractivity contribution in [1.82, 2.24) is 15.2 Å². The van der Waals surface area contributed by atoms with Crippen LogP contribution in [-0.4, -0.2) is 32.7 Å². The Bertz CT molecular complexity index is 1420. The van der Waals surface area contributed by atoms with Crippen LogP contribution in [0.4, 0.5) is 11.4 Å². The highest BCUT2D eigenvalue weighted by atomic mass is 32.2. The molecule has 1 heterocycles. The van der Waals surface area contributed by atoms with Gasteiger partial charge in [0, 0.05) is 16.8 Å². The SMILES string of the molecule is Cc1ccc(NC(=O)CSc2nnc(-c3cc(C)ccc3NC(=O)c3ccccc3)c(=O)[nH]2)cc1. The van der Waals surface area contributed by atoms with E-state index in [0.29, 0.717) is 22.5 Å². The molecule has 3 aromatic carbocycles. The number of carbonyl (C=O) groups is 2. The predicted octanol–water partition coefficient (Wildman–Crippen LogP) is 4.43. The van der Waals surface area contributed by atoms with E-state index in [4.69, 9.17) is 0 Å². The van der Waals surface area contributed by atoms with Crippen molar-refractivity contribution in [3.63, 3.8) is 0 Å². The molecule has 0 aliphatic rings. The third-order valence-electron chi connectivity index (χ3n) is 5.07. The normalized spacial score (nSPS) is 10.6. The second kappa shape index (κ2) is 10.8. The molecule has 0 radical (unpaired) electrons. The van der Waals surface area contributed by atoms with Crippen LogP contribution in [0, 0.1) is 13.8 Å². The summed E-state index contributed by atoms with van der Waals surface area (Å²) in [5.41, 5.74) is 3.69. The zero-order chi connectivity index (χ0) is 24.8. The summed E-state index contributed by atoms with van der Waals surface area (Å²) in [7, 11) is 0. The maximum absolute atomic E-state index is 12.8. The first kappa shape index (κ1) is 23.9. The molecule has 9 heteroatoms. The number of thioether (sulfide) groups is 1. The van der Waals surface area contributed by atoms with E-state index in [-0.39, 0.29) is 28.4 Å². The molecule has 35 heavy (non-hydrogen) atoms. The third-order valence-corrected chi connectivity index (χ3v) is 5.93. The van der Waals surface area contributed by atoms with Gasteiger partial charge in [0.05, 0.1) is 11.4 Å². The van der Waals surface area contributed by atoms with Gasteiger partial charge in [-0.1, -0.05) is 59.3 Å². The molecule has 2 amide bonds. The van der Waals surface area contributed by atoms with Gasteiger partial charge in [-0.05, 0) is 50.2 Å². The molecule has 4 aromatic rings. The molecular weight excluding hydrogens is 462 g/mol. The van der Waals surface area contributed by atoms with Crippen molar-refractivity contribution in [2.24, 2.45) is 0 Å². The molecule has 176 valence electrons. The van der Waals surface area contributed by atoms with Gasteiger partial charge in [-0.3, -0.25) is 19.4 Å². The number of amides is 2. The molecule has 1 aromatic heterocycles. The largest absolute Gasteiger partial charge is 0.325 e. The molecule has 0 bridgehead atoms. The van der Waals surface area contributed by atoms with E-state index in [1.165, 1.54) is 0 Å². The molecule has 3 N–H and O–H groups in total. The minimum atomic E-state index is -0.470. The number of rotatable bonds is 7. The van der Waals surface area contributed by atoms with Gasteiger partial charge in [0.15, 0.2) is 10.9 Å². The maximum atomic E-state index is 12.8. The van der Waals surface area contributed by atoms with Gasteiger partial charge in [-0.2, -0.15) is 0 Å². The van der Waals surface area contributed by atoms with Crippen LogP contribution in [0.15, 0.2) is 82.7 Å². The number of nitrogens with one attached hydrogen (secondary N) is 3. The first-order valence-electron chi connectivity index (χ1n) is 10.8. The van der Waals surface area contributed by atoms with E-state index < -0.39 is 5.56 Å².